The third-order valence-electron chi connectivity index (χ3n) is 4.60. The number of likely N-dealkylation sites (tertiary alicyclic amines) is 1. The summed E-state index contributed by atoms with van der Waals surface area (Å²) >= 11 is 11.8. The average Bonchev–Trinajstić information content (AvgIpc) is 3.21. The average molecular weight is 342 g/mol. The van der Waals surface area contributed by atoms with Crippen molar-refractivity contribution in [2.24, 2.45) is 17.8 Å². The van der Waals surface area contributed by atoms with E-state index in [4.69, 9.17) is 23.2 Å². The maximum Gasteiger partial charge on any atom is 0.308 e. The molecule has 0 radical (unpaired) electrons. The lowest BCUT2D eigenvalue weighted by Gasteiger charge is -2.16. The second-order valence-corrected chi connectivity index (χ2v) is 6.98. The SMILES string of the molecule is O=C(O)[C@H]1CN(C(=O)Cc2ccc(Cl)c(Cl)c2)C[C@@H]1C1CC1. The molecule has 2 atom stereocenters. The van der Waals surface area contributed by atoms with Gasteiger partial charge in [0.1, 0.15) is 0 Å². The number of amides is 1. The Labute approximate surface area is 139 Å². The summed E-state index contributed by atoms with van der Waals surface area (Å²) in [5, 5.41) is 10.2. The van der Waals surface area contributed by atoms with Gasteiger partial charge in [-0.05, 0) is 42.4 Å². The van der Waals surface area contributed by atoms with E-state index in [0.717, 1.165) is 18.4 Å². The molecule has 3 rings (SSSR count). The number of rotatable bonds is 4. The van der Waals surface area contributed by atoms with Crippen LogP contribution in [-0.2, 0) is 16.0 Å². The van der Waals surface area contributed by atoms with Crippen LogP contribution in [0.1, 0.15) is 18.4 Å². The van der Waals surface area contributed by atoms with Crippen LogP contribution in [0, 0.1) is 17.8 Å². The number of halogens is 2. The van der Waals surface area contributed by atoms with Crippen molar-refractivity contribution in [2.75, 3.05) is 13.1 Å². The zero-order valence-corrected chi connectivity index (χ0v) is 13.5. The number of carboxylic acids is 1. The van der Waals surface area contributed by atoms with Gasteiger partial charge in [-0.2, -0.15) is 0 Å². The predicted octanol–water partition coefficient (Wildman–Crippen LogP) is 3.11. The van der Waals surface area contributed by atoms with Gasteiger partial charge < -0.3 is 10.0 Å². The van der Waals surface area contributed by atoms with Crippen LogP contribution >= 0.6 is 23.2 Å². The molecule has 0 spiro atoms. The summed E-state index contributed by atoms with van der Waals surface area (Å²) in [4.78, 5) is 25.5. The molecular weight excluding hydrogens is 325 g/mol. The van der Waals surface area contributed by atoms with Crippen molar-refractivity contribution >= 4 is 35.1 Å². The smallest absolute Gasteiger partial charge is 0.308 e. The first-order valence-electron chi connectivity index (χ1n) is 7.40. The van der Waals surface area contributed by atoms with Gasteiger partial charge in [-0.15, -0.1) is 0 Å². The van der Waals surface area contributed by atoms with Gasteiger partial charge in [-0.25, -0.2) is 0 Å². The molecule has 6 heteroatoms. The molecule has 2 fully saturated rings. The van der Waals surface area contributed by atoms with Gasteiger partial charge >= 0.3 is 5.97 Å². The van der Waals surface area contributed by atoms with Crippen molar-refractivity contribution < 1.29 is 14.7 Å². The standard InChI is InChI=1S/C16H17Cl2NO3/c17-13-4-1-9(5-14(13)18)6-15(20)19-7-11(10-2-3-10)12(8-19)16(21)22/h1,4-5,10-12H,2-3,6-8H2,(H,21,22)/t11-,12+/m1/s1. The van der Waals surface area contributed by atoms with Crippen molar-refractivity contribution in [2.45, 2.75) is 19.3 Å². The van der Waals surface area contributed by atoms with E-state index in [1.807, 2.05) is 0 Å². The highest BCUT2D eigenvalue weighted by atomic mass is 35.5. The summed E-state index contributed by atoms with van der Waals surface area (Å²) in [5.74, 6) is -0.682. The van der Waals surface area contributed by atoms with E-state index in [0.29, 0.717) is 29.1 Å². The van der Waals surface area contributed by atoms with E-state index in [9.17, 15) is 14.7 Å². The van der Waals surface area contributed by atoms with E-state index in [1.54, 1.807) is 23.1 Å². The van der Waals surface area contributed by atoms with Crippen molar-refractivity contribution in [3.8, 4) is 0 Å². The Morgan fingerprint density at radius 1 is 1.18 bits per heavy atom. The zero-order valence-electron chi connectivity index (χ0n) is 12.0. The van der Waals surface area contributed by atoms with Crippen LogP contribution in [0.4, 0.5) is 0 Å². The quantitative estimate of drug-likeness (QED) is 0.915. The van der Waals surface area contributed by atoms with Crippen LogP contribution in [-0.4, -0.2) is 35.0 Å². The minimum atomic E-state index is -0.790. The maximum atomic E-state index is 12.4. The Morgan fingerprint density at radius 3 is 2.50 bits per heavy atom. The Morgan fingerprint density at radius 2 is 1.91 bits per heavy atom. The number of carbonyl (C=O) groups is 2. The molecule has 118 valence electrons. The van der Waals surface area contributed by atoms with Gasteiger partial charge in [0.25, 0.3) is 0 Å². The monoisotopic (exact) mass is 341 g/mol. The molecular formula is C16H17Cl2NO3. The third kappa shape index (κ3) is 3.23. The van der Waals surface area contributed by atoms with Crippen molar-refractivity contribution in [3.05, 3.63) is 33.8 Å². The topological polar surface area (TPSA) is 57.6 Å². The van der Waals surface area contributed by atoms with Gasteiger partial charge in [0.15, 0.2) is 0 Å². The highest BCUT2D eigenvalue weighted by Crippen LogP contribution is 2.44. The molecule has 4 nitrogen and oxygen atoms in total. The molecule has 1 amide bonds. The van der Waals surface area contributed by atoms with Crippen LogP contribution in [0.3, 0.4) is 0 Å². The normalized spacial score (nSPS) is 24.5. The van der Waals surface area contributed by atoms with E-state index in [-0.39, 0.29) is 18.2 Å². The fourth-order valence-corrected chi connectivity index (χ4v) is 3.55. The second-order valence-electron chi connectivity index (χ2n) is 6.17. The summed E-state index contributed by atoms with van der Waals surface area (Å²) in [6.45, 7) is 0.873. The second kappa shape index (κ2) is 6.09. The highest BCUT2D eigenvalue weighted by Gasteiger charge is 2.46. The third-order valence-corrected chi connectivity index (χ3v) is 5.34. The Hall–Kier alpha value is -1.26. The lowest BCUT2D eigenvalue weighted by Crippen LogP contribution is -2.31. The molecule has 0 aromatic heterocycles. The van der Waals surface area contributed by atoms with Gasteiger partial charge in [-0.3, -0.25) is 9.59 Å². The lowest BCUT2D eigenvalue weighted by atomic mass is 9.92. The molecule has 1 heterocycles. The number of hydrogen-bond donors (Lipinski definition) is 1. The molecule has 1 aromatic rings. The molecule has 0 bridgehead atoms. The van der Waals surface area contributed by atoms with E-state index >= 15 is 0 Å². The fourth-order valence-electron chi connectivity index (χ4n) is 3.23. The molecule has 2 aliphatic rings. The number of carboxylic acid groups (broad SMARTS) is 1. The van der Waals surface area contributed by atoms with Crippen LogP contribution in [0.15, 0.2) is 18.2 Å². The number of hydrogen-bond acceptors (Lipinski definition) is 2. The largest absolute Gasteiger partial charge is 0.481 e. The summed E-state index contributed by atoms with van der Waals surface area (Å²) in [7, 11) is 0. The maximum absolute atomic E-state index is 12.4. The van der Waals surface area contributed by atoms with E-state index in [1.165, 1.54) is 0 Å². The summed E-state index contributed by atoms with van der Waals surface area (Å²) in [6.07, 6.45) is 2.40. The minimum absolute atomic E-state index is 0.0483. The lowest BCUT2D eigenvalue weighted by molar-refractivity contribution is -0.142. The summed E-state index contributed by atoms with van der Waals surface area (Å²) in [6, 6.07) is 5.13. The Bertz CT molecular complexity index is 615. The zero-order chi connectivity index (χ0) is 15.9. The first-order chi connectivity index (χ1) is 10.5. The Kier molecular flexibility index (Phi) is 4.33. The van der Waals surface area contributed by atoms with Crippen molar-refractivity contribution in [1.82, 2.24) is 4.90 Å². The van der Waals surface area contributed by atoms with Gasteiger partial charge in [0.05, 0.1) is 22.4 Å². The molecule has 22 heavy (non-hydrogen) atoms. The number of carbonyl (C=O) groups excluding carboxylic acids is 1. The molecule has 1 saturated heterocycles. The number of benzene rings is 1. The molecule has 1 N–H and O–H groups in total. The van der Waals surface area contributed by atoms with Crippen LogP contribution in [0.5, 0.6) is 0 Å². The summed E-state index contributed by atoms with van der Waals surface area (Å²) in [5.41, 5.74) is 0.793. The summed E-state index contributed by atoms with van der Waals surface area (Å²) < 4.78 is 0. The van der Waals surface area contributed by atoms with Gasteiger partial charge in [0, 0.05) is 13.1 Å². The van der Waals surface area contributed by atoms with Crippen LogP contribution in [0.2, 0.25) is 10.0 Å². The van der Waals surface area contributed by atoms with Gasteiger partial charge in [0.2, 0.25) is 5.91 Å². The minimum Gasteiger partial charge on any atom is -0.481 e. The van der Waals surface area contributed by atoms with Gasteiger partial charge in [-0.1, -0.05) is 29.3 Å². The molecule has 1 aliphatic carbocycles. The molecule has 1 saturated carbocycles. The molecule has 1 aromatic carbocycles. The van der Waals surface area contributed by atoms with Crippen LogP contribution < -0.4 is 0 Å². The number of nitrogens with zero attached hydrogens (tertiary/aromatic N) is 1. The predicted molar refractivity (Wildman–Crippen MR) is 84.1 cm³/mol. The molecule has 1 aliphatic heterocycles. The van der Waals surface area contributed by atoms with Crippen molar-refractivity contribution in [1.29, 1.82) is 0 Å². The van der Waals surface area contributed by atoms with Crippen molar-refractivity contribution in [3.63, 3.8) is 0 Å². The first-order valence-corrected chi connectivity index (χ1v) is 8.16. The van der Waals surface area contributed by atoms with E-state index < -0.39 is 11.9 Å². The Balaban J connectivity index is 1.67. The first kappa shape index (κ1) is 15.6. The molecule has 0 unspecified atom stereocenters. The fraction of sp³-hybridized carbons (Fsp3) is 0.500. The van der Waals surface area contributed by atoms with Crippen LogP contribution in [0.25, 0.3) is 0 Å². The van der Waals surface area contributed by atoms with E-state index in [2.05, 4.69) is 0 Å². The number of aliphatic carboxylic acids is 1. The highest BCUT2D eigenvalue weighted by molar-refractivity contribution is 6.42.